The molecule has 0 amide bonds. The summed E-state index contributed by atoms with van der Waals surface area (Å²) < 4.78 is 0. The van der Waals surface area contributed by atoms with Crippen molar-refractivity contribution in [1.82, 2.24) is 0 Å². The smallest absolute Gasteiger partial charge is 0 e. The fourth-order valence-electron chi connectivity index (χ4n) is 0.677. The highest BCUT2D eigenvalue weighted by Crippen LogP contribution is 2.00. The number of hydrogen-bond donors (Lipinski definition) is 0. The van der Waals surface area contributed by atoms with E-state index in [4.69, 9.17) is 0 Å². The van der Waals surface area contributed by atoms with Gasteiger partial charge in [-0.05, 0) is 0 Å². The molecule has 0 aliphatic heterocycles. The van der Waals surface area contributed by atoms with Crippen molar-refractivity contribution in [2.24, 2.45) is 0 Å². The molecule has 0 aliphatic rings. The molecule has 0 aromatic carbocycles. The van der Waals surface area contributed by atoms with Crippen molar-refractivity contribution in [3.05, 3.63) is 0 Å². The third-order valence-corrected chi connectivity index (χ3v) is 1.21. The second-order valence-corrected chi connectivity index (χ2v) is 2.06. The minimum atomic E-state index is 0. The van der Waals surface area contributed by atoms with Crippen LogP contribution in [0.2, 0.25) is 0 Å². The minimum Gasteiger partial charge on any atom is -0.0654 e. The Hall–Kier alpha value is 0.350. The van der Waals surface area contributed by atoms with E-state index in [1.165, 1.54) is 32.1 Å². The van der Waals surface area contributed by atoms with E-state index in [-0.39, 0.29) is 13.5 Å². The van der Waals surface area contributed by atoms with Gasteiger partial charge in [-0.3, -0.25) is 0 Å². The highest BCUT2D eigenvalue weighted by molar-refractivity contribution is 7.59. The van der Waals surface area contributed by atoms with Crippen LogP contribution in [-0.2, 0) is 0 Å². The minimum absolute atomic E-state index is 0. The van der Waals surface area contributed by atoms with Crippen molar-refractivity contribution in [1.29, 1.82) is 0 Å². The van der Waals surface area contributed by atoms with Crippen LogP contribution in [0.5, 0.6) is 0 Å². The molecule has 0 heterocycles. The van der Waals surface area contributed by atoms with Gasteiger partial charge in [-0.1, -0.05) is 46.0 Å². The predicted octanol–water partition coefficient (Wildman–Crippen LogP) is 3.62. The summed E-state index contributed by atoms with van der Waals surface area (Å²) >= 11 is 0. The fraction of sp³-hybridized carbons (Fsp3) is 1.00. The summed E-state index contributed by atoms with van der Waals surface area (Å²) in [5.74, 6) is 0. The SMILES string of the molecule is CCCCCCC.[S]. The van der Waals surface area contributed by atoms with Gasteiger partial charge in [0.1, 0.15) is 0 Å². The summed E-state index contributed by atoms with van der Waals surface area (Å²) in [4.78, 5) is 0. The van der Waals surface area contributed by atoms with E-state index in [0.29, 0.717) is 0 Å². The Kier molecular flexibility index (Phi) is 14.5. The van der Waals surface area contributed by atoms with Gasteiger partial charge in [0.2, 0.25) is 0 Å². The lowest BCUT2D eigenvalue weighted by Gasteiger charge is -1.90. The molecule has 0 unspecified atom stereocenters. The van der Waals surface area contributed by atoms with Crippen molar-refractivity contribution < 1.29 is 0 Å². The van der Waals surface area contributed by atoms with Crippen molar-refractivity contribution in [2.75, 3.05) is 0 Å². The molecular formula is C7H16S. The lowest BCUT2D eigenvalue weighted by molar-refractivity contribution is 0.656. The molecule has 0 aromatic heterocycles. The molecule has 0 atom stereocenters. The molecule has 50 valence electrons. The van der Waals surface area contributed by atoms with Crippen LogP contribution in [-0.4, -0.2) is 0 Å². The molecular weight excluding hydrogens is 116 g/mol. The van der Waals surface area contributed by atoms with Crippen molar-refractivity contribution in [3.63, 3.8) is 0 Å². The highest BCUT2D eigenvalue weighted by atomic mass is 32.1. The molecule has 0 spiro atoms. The Balaban J connectivity index is 0. The third-order valence-electron chi connectivity index (χ3n) is 1.21. The van der Waals surface area contributed by atoms with Crippen LogP contribution in [0.1, 0.15) is 46.0 Å². The Morgan fingerprint density at radius 2 is 1.12 bits per heavy atom. The summed E-state index contributed by atoms with van der Waals surface area (Å²) in [5, 5.41) is 0. The van der Waals surface area contributed by atoms with Gasteiger partial charge in [0, 0.05) is 13.5 Å². The van der Waals surface area contributed by atoms with E-state index < -0.39 is 0 Å². The van der Waals surface area contributed by atoms with Crippen LogP contribution in [0.3, 0.4) is 0 Å². The van der Waals surface area contributed by atoms with Crippen molar-refractivity contribution in [2.45, 2.75) is 46.0 Å². The largest absolute Gasteiger partial charge is 0.0654 e. The molecule has 0 saturated heterocycles. The van der Waals surface area contributed by atoms with E-state index in [9.17, 15) is 0 Å². The zero-order valence-corrected chi connectivity index (χ0v) is 6.76. The molecule has 2 radical (unpaired) electrons. The summed E-state index contributed by atoms with van der Waals surface area (Å²) in [6.45, 7) is 4.49. The van der Waals surface area contributed by atoms with Gasteiger partial charge in [0.05, 0.1) is 0 Å². The fourth-order valence-corrected chi connectivity index (χ4v) is 0.677. The Bertz CT molecular complexity index is 23.6. The van der Waals surface area contributed by atoms with Crippen molar-refractivity contribution in [3.8, 4) is 0 Å². The maximum Gasteiger partial charge on any atom is 0 e. The first-order chi connectivity index (χ1) is 3.41. The molecule has 1 heteroatoms. The summed E-state index contributed by atoms with van der Waals surface area (Å²) in [5.41, 5.74) is 0. The van der Waals surface area contributed by atoms with Gasteiger partial charge in [-0.2, -0.15) is 0 Å². The predicted molar refractivity (Wildman–Crippen MR) is 42.0 cm³/mol. The molecule has 0 aromatic rings. The number of unbranched alkanes of at least 4 members (excludes halogenated alkanes) is 4. The van der Waals surface area contributed by atoms with Gasteiger partial charge in [-0.15, -0.1) is 0 Å². The standard InChI is InChI=1S/C7H16.S/c1-3-5-7-6-4-2;/h3-7H2,1-2H3;. The average Bonchev–Trinajstić information content (AvgIpc) is 1.69. The average molecular weight is 132 g/mol. The molecule has 0 aliphatic carbocycles. The second kappa shape index (κ2) is 10.4. The molecule has 0 fully saturated rings. The first-order valence-electron chi connectivity index (χ1n) is 3.41. The molecule has 0 nitrogen and oxygen atoms in total. The van der Waals surface area contributed by atoms with Crippen molar-refractivity contribution >= 4 is 13.5 Å². The summed E-state index contributed by atoms with van der Waals surface area (Å²) in [6.07, 6.45) is 7.01. The van der Waals surface area contributed by atoms with Gasteiger partial charge >= 0.3 is 0 Å². The zero-order valence-electron chi connectivity index (χ0n) is 5.94. The lowest BCUT2D eigenvalue weighted by Crippen LogP contribution is -1.70. The van der Waals surface area contributed by atoms with Crippen LogP contribution in [0.15, 0.2) is 0 Å². The van der Waals surface area contributed by atoms with Gasteiger partial charge < -0.3 is 0 Å². The van der Waals surface area contributed by atoms with Crippen LogP contribution < -0.4 is 0 Å². The number of hydrogen-bond acceptors (Lipinski definition) is 0. The Morgan fingerprint density at radius 1 is 0.750 bits per heavy atom. The highest BCUT2D eigenvalue weighted by Gasteiger charge is 1.80. The van der Waals surface area contributed by atoms with E-state index in [1.807, 2.05) is 0 Å². The summed E-state index contributed by atoms with van der Waals surface area (Å²) in [6, 6.07) is 0. The maximum atomic E-state index is 2.25. The quantitative estimate of drug-likeness (QED) is 0.512. The van der Waals surface area contributed by atoms with Crippen LogP contribution in [0.25, 0.3) is 0 Å². The molecule has 0 N–H and O–H groups in total. The van der Waals surface area contributed by atoms with Gasteiger partial charge in [-0.25, -0.2) is 0 Å². The van der Waals surface area contributed by atoms with Gasteiger partial charge in [0.15, 0.2) is 0 Å². The van der Waals surface area contributed by atoms with Crippen LogP contribution in [0, 0.1) is 0 Å². The third kappa shape index (κ3) is 9.61. The van der Waals surface area contributed by atoms with Crippen LogP contribution >= 0.6 is 13.5 Å². The van der Waals surface area contributed by atoms with E-state index in [2.05, 4.69) is 13.8 Å². The monoisotopic (exact) mass is 132 g/mol. The number of rotatable bonds is 4. The van der Waals surface area contributed by atoms with E-state index >= 15 is 0 Å². The molecule has 0 bridgehead atoms. The maximum absolute atomic E-state index is 2.25. The lowest BCUT2D eigenvalue weighted by atomic mass is 10.2. The normalized spacial score (nSPS) is 8.25. The molecule has 8 heavy (non-hydrogen) atoms. The van der Waals surface area contributed by atoms with E-state index in [0.717, 1.165) is 0 Å². The molecule has 0 saturated carbocycles. The summed E-state index contributed by atoms with van der Waals surface area (Å²) in [7, 11) is 0. The second-order valence-electron chi connectivity index (χ2n) is 2.06. The first-order valence-corrected chi connectivity index (χ1v) is 3.41. The Morgan fingerprint density at radius 3 is 1.38 bits per heavy atom. The zero-order chi connectivity index (χ0) is 5.54. The topological polar surface area (TPSA) is 0 Å². The molecule has 0 rings (SSSR count). The first kappa shape index (κ1) is 11.2. The Labute approximate surface area is 60.1 Å². The van der Waals surface area contributed by atoms with E-state index in [1.54, 1.807) is 0 Å². The van der Waals surface area contributed by atoms with Gasteiger partial charge in [0.25, 0.3) is 0 Å². The van der Waals surface area contributed by atoms with Crippen LogP contribution in [0.4, 0.5) is 0 Å².